The van der Waals surface area contributed by atoms with Crippen LogP contribution in [0, 0.1) is 10.8 Å². The first-order valence-electron chi connectivity index (χ1n) is 17.9. The number of urea groups is 1. The third-order valence-electron chi connectivity index (χ3n) is 9.54. The molecule has 0 saturated carbocycles. The molecule has 1 aliphatic carbocycles. The summed E-state index contributed by atoms with van der Waals surface area (Å²) in [5.41, 5.74) is 3.39. The van der Waals surface area contributed by atoms with Crippen molar-refractivity contribution in [2.24, 2.45) is 5.41 Å². The molecule has 4 N–H and O–H groups in total. The third kappa shape index (κ3) is 8.79. The van der Waals surface area contributed by atoms with E-state index in [1.54, 1.807) is 18.2 Å². The summed E-state index contributed by atoms with van der Waals surface area (Å²) in [7, 11) is 3.95. The summed E-state index contributed by atoms with van der Waals surface area (Å²) < 4.78 is 14.6. The first kappa shape index (κ1) is 37.0. The molecule has 4 aromatic rings. The van der Waals surface area contributed by atoms with Gasteiger partial charge in [-0.3, -0.25) is 9.72 Å². The number of likely N-dealkylation sites (N-methyl/N-ethyl adjacent to an activating group) is 1. The number of ether oxygens (including phenoxy) is 2. The number of aromatic nitrogens is 3. The minimum Gasteiger partial charge on any atom is -0.491 e. The average Bonchev–Trinajstić information content (AvgIpc) is 3.71. The molecule has 0 bridgehead atoms. The van der Waals surface area contributed by atoms with E-state index >= 15 is 0 Å². The maximum Gasteiger partial charge on any atom is 0.320 e. The van der Waals surface area contributed by atoms with Crippen molar-refractivity contribution in [3.05, 3.63) is 88.8 Å². The summed E-state index contributed by atoms with van der Waals surface area (Å²) in [5, 5.41) is 27.5. The highest BCUT2D eigenvalue weighted by Gasteiger charge is 2.30. The lowest BCUT2D eigenvalue weighted by atomic mass is 9.85. The second-order valence-corrected chi connectivity index (χ2v) is 15.3. The van der Waals surface area contributed by atoms with E-state index in [2.05, 4.69) is 44.0 Å². The Hall–Kier alpha value is -4.81. The van der Waals surface area contributed by atoms with Crippen molar-refractivity contribution >= 4 is 40.6 Å². The van der Waals surface area contributed by atoms with Gasteiger partial charge in [0.1, 0.15) is 30.0 Å². The lowest BCUT2D eigenvalue weighted by Gasteiger charge is -2.32. The molecule has 3 atom stereocenters. The number of pyridine rings is 1. The van der Waals surface area contributed by atoms with Gasteiger partial charge in [-0.15, -0.1) is 10.2 Å². The van der Waals surface area contributed by atoms with E-state index in [1.807, 2.05) is 86.8 Å². The van der Waals surface area contributed by atoms with Crippen molar-refractivity contribution in [1.29, 1.82) is 5.41 Å². The molecule has 6 rings (SSSR count). The summed E-state index contributed by atoms with van der Waals surface area (Å²) in [6, 6.07) is 17.1. The lowest BCUT2D eigenvalue weighted by molar-refractivity contribution is 0.171. The Labute approximate surface area is 311 Å². The minimum atomic E-state index is -0.435. The number of halogens is 1. The van der Waals surface area contributed by atoms with Gasteiger partial charge in [-0.1, -0.05) is 56.6 Å². The second-order valence-electron chi connectivity index (χ2n) is 14.9. The van der Waals surface area contributed by atoms with Crippen molar-refractivity contribution in [2.45, 2.75) is 71.6 Å². The minimum absolute atomic E-state index is 0.191. The number of allylic oxidation sites excluding steroid dienone is 1. The van der Waals surface area contributed by atoms with Crippen molar-refractivity contribution in [1.82, 2.24) is 30.1 Å². The van der Waals surface area contributed by atoms with Crippen molar-refractivity contribution in [3.63, 3.8) is 0 Å². The summed E-state index contributed by atoms with van der Waals surface area (Å²) in [4.78, 5) is 18.0. The van der Waals surface area contributed by atoms with E-state index in [1.165, 1.54) is 0 Å². The number of hydrogen-bond acceptors (Lipinski definition) is 9. The highest BCUT2D eigenvalue weighted by Crippen LogP contribution is 2.39. The van der Waals surface area contributed by atoms with Gasteiger partial charge in [0.05, 0.1) is 17.3 Å². The van der Waals surface area contributed by atoms with Crippen molar-refractivity contribution in [3.8, 4) is 11.5 Å². The molecule has 276 valence electrons. The monoisotopic (exact) mass is 727 g/mol. The molecule has 2 aromatic carbocycles. The Morgan fingerprint density at radius 3 is 2.60 bits per heavy atom. The summed E-state index contributed by atoms with van der Waals surface area (Å²) in [6.07, 6.45) is 7.09. The van der Waals surface area contributed by atoms with E-state index in [0.717, 1.165) is 54.4 Å². The van der Waals surface area contributed by atoms with Crippen LogP contribution < -0.4 is 30.3 Å². The number of rotatable bonds is 12. The fraction of sp³-hybridized carbons (Fsp3) is 0.436. The van der Waals surface area contributed by atoms with Gasteiger partial charge in [-0.2, -0.15) is 0 Å². The molecule has 2 aromatic heterocycles. The Bertz CT molecular complexity index is 1940. The fourth-order valence-corrected chi connectivity index (χ4v) is 6.68. The largest absolute Gasteiger partial charge is 0.491 e. The van der Waals surface area contributed by atoms with Crippen LogP contribution in [0.2, 0.25) is 5.02 Å². The molecule has 1 unspecified atom stereocenters. The topological polar surface area (TPSA) is 132 Å². The van der Waals surface area contributed by atoms with Crippen LogP contribution >= 0.6 is 11.6 Å². The van der Waals surface area contributed by atoms with Crippen LogP contribution in [0.1, 0.15) is 76.7 Å². The van der Waals surface area contributed by atoms with E-state index in [9.17, 15) is 4.79 Å². The number of nitrogens with zero attached hydrogens (tertiary/aromatic N) is 5. The van der Waals surface area contributed by atoms with Gasteiger partial charge in [-0.25, -0.2) is 4.79 Å². The zero-order valence-corrected chi connectivity index (χ0v) is 31.6. The number of anilines is 2. The van der Waals surface area contributed by atoms with Gasteiger partial charge in [0.2, 0.25) is 5.95 Å². The van der Waals surface area contributed by atoms with Crippen LogP contribution in [0.25, 0.3) is 5.65 Å². The second kappa shape index (κ2) is 15.8. The number of nitrogens with one attached hydrogen (secondary N) is 4. The summed E-state index contributed by atoms with van der Waals surface area (Å²) >= 11 is 6.42. The molecule has 13 heteroatoms. The van der Waals surface area contributed by atoms with Crippen LogP contribution in [-0.4, -0.2) is 71.1 Å². The van der Waals surface area contributed by atoms with E-state index in [-0.39, 0.29) is 12.1 Å². The number of carbonyl (C=O) groups excluding carboxylic acids is 1. The number of benzene rings is 2. The van der Waals surface area contributed by atoms with Gasteiger partial charge in [0.25, 0.3) is 0 Å². The van der Waals surface area contributed by atoms with E-state index < -0.39 is 11.4 Å². The predicted molar refractivity (Wildman–Crippen MR) is 207 cm³/mol. The summed E-state index contributed by atoms with van der Waals surface area (Å²) in [6.45, 7) is 10.3. The van der Waals surface area contributed by atoms with Crippen molar-refractivity contribution < 1.29 is 14.3 Å². The normalized spacial score (nSPS) is 19.0. The van der Waals surface area contributed by atoms with Gasteiger partial charge < -0.3 is 35.3 Å². The van der Waals surface area contributed by atoms with Crippen LogP contribution in [0.5, 0.6) is 11.5 Å². The smallest absolute Gasteiger partial charge is 0.320 e. The van der Waals surface area contributed by atoms with Gasteiger partial charge in [0, 0.05) is 48.1 Å². The van der Waals surface area contributed by atoms with Crippen LogP contribution in [0.4, 0.5) is 16.4 Å². The van der Waals surface area contributed by atoms with Crippen LogP contribution in [-0.2, 0) is 0 Å². The molecule has 2 aliphatic rings. The number of fused-ring (bicyclic) bond motifs is 2. The highest BCUT2D eigenvalue weighted by atomic mass is 35.5. The quantitative estimate of drug-likeness (QED) is 0.110. The molecule has 2 amide bonds. The summed E-state index contributed by atoms with van der Waals surface area (Å²) in [5.74, 6) is 2.47. The average molecular weight is 728 g/mol. The van der Waals surface area contributed by atoms with Crippen LogP contribution in [0.15, 0.2) is 72.7 Å². The molecule has 0 radical (unpaired) electrons. The highest BCUT2D eigenvalue weighted by molar-refractivity contribution is 6.32. The standard InChI is InChI=1S/C39H50ClN9O3/c1-25-10-9-19-48(25)38-46-45-36-18-14-27(24-49(36)38)52-32-17-16-31(28-11-7-8-12-29(28)32)43-37(50)44-35(23-34(41)39(2,3)4)42-26-13-15-30(40)33(22-26)51-21-20-47(5)6/h7-8,11-15,18,22-25,31-32,41-42H,9-10,16-17,19-21H2,1-6H3,(H2,43,44,50)/b35-23+,41-34?/t25-,31?,32+/m0/s1. The molecule has 0 spiro atoms. The first-order valence-corrected chi connectivity index (χ1v) is 18.3. The molecule has 1 saturated heterocycles. The van der Waals surface area contributed by atoms with Gasteiger partial charge in [-0.05, 0) is 82.1 Å². The molecule has 3 heterocycles. The molecule has 52 heavy (non-hydrogen) atoms. The maximum absolute atomic E-state index is 13.6. The zero-order chi connectivity index (χ0) is 37.0. The van der Waals surface area contributed by atoms with Crippen LogP contribution in [0.3, 0.4) is 0 Å². The first-order chi connectivity index (χ1) is 24.9. The fourth-order valence-electron chi connectivity index (χ4n) is 6.51. The van der Waals surface area contributed by atoms with E-state index in [4.69, 9.17) is 26.5 Å². The Kier molecular flexibility index (Phi) is 11.3. The zero-order valence-electron chi connectivity index (χ0n) is 30.9. The third-order valence-corrected chi connectivity index (χ3v) is 9.85. The molecule has 1 aliphatic heterocycles. The Balaban J connectivity index is 1.16. The van der Waals surface area contributed by atoms with Crippen molar-refractivity contribution in [2.75, 3.05) is 44.0 Å². The number of amides is 2. The molecular formula is C39H50ClN9O3. The Morgan fingerprint density at radius 1 is 1.08 bits per heavy atom. The molecule has 1 fully saturated rings. The predicted octanol–water partition coefficient (Wildman–Crippen LogP) is 7.59. The number of hydrogen-bond donors (Lipinski definition) is 4. The molecular weight excluding hydrogens is 678 g/mol. The van der Waals surface area contributed by atoms with Gasteiger partial charge >= 0.3 is 6.03 Å². The number of carbonyl (C=O) groups is 1. The van der Waals surface area contributed by atoms with Gasteiger partial charge in [0.15, 0.2) is 5.65 Å². The maximum atomic E-state index is 13.6. The SMILES string of the molecule is C[C@H]1CCCN1c1nnc2ccc(O[C@@H]3CCC(NC(=O)N/C(=C/C(=N)C(C)(C)C)Nc4ccc(Cl)c(OCCN(C)C)c4)c4ccccc43)cn12. The Morgan fingerprint density at radius 2 is 1.87 bits per heavy atom. The molecule has 12 nitrogen and oxygen atoms in total. The lowest BCUT2D eigenvalue weighted by Crippen LogP contribution is -2.41. The van der Waals surface area contributed by atoms with E-state index in [0.29, 0.717) is 53.5 Å².